The van der Waals surface area contributed by atoms with E-state index in [9.17, 15) is 4.79 Å². The molecule has 0 N–H and O–H groups in total. The summed E-state index contributed by atoms with van der Waals surface area (Å²) in [5.41, 5.74) is 2.39. The Kier molecular flexibility index (Phi) is 5.44. The second-order valence-corrected chi connectivity index (χ2v) is 6.87. The molecule has 2 aromatic carbocycles. The van der Waals surface area contributed by atoms with Gasteiger partial charge in [-0.15, -0.1) is 0 Å². The molecule has 4 rings (SSSR count). The van der Waals surface area contributed by atoms with Crippen molar-refractivity contribution >= 4 is 17.5 Å². The van der Waals surface area contributed by atoms with Crippen molar-refractivity contribution in [3.8, 4) is 11.5 Å². The number of carbonyl (C=O) groups is 1. The lowest BCUT2D eigenvalue weighted by atomic mass is 10.1. The summed E-state index contributed by atoms with van der Waals surface area (Å²) >= 11 is 6.26. The standard InChI is InChI=1S/C22H19ClN2O3/c23-19-7-2-1-6-18(19)22(26)25(12-10-17-5-3-4-11-24-17)14-16-8-9-20-21(13-16)28-15-27-20/h1-9,11,13H,10,12,14-15H2. The first-order valence-electron chi connectivity index (χ1n) is 9.03. The van der Waals surface area contributed by atoms with Gasteiger partial charge in [0.2, 0.25) is 6.79 Å². The quantitative estimate of drug-likeness (QED) is 0.623. The van der Waals surface area contributed by atoms with Crippen LogP contribution in [0.3, 0.4) is 0 Å². The minimum atomic E-state index is -0.112. The lowest BCUT2D eigenvalue weighted by molar-refractivity contribution is 0.0744. The Labute approximate surface area is 168 Å². The number of aromatic nitrogens is 1. The largest absolute Gasteiger partial charge is 0.454 e. The van der Waals surface area contributed by atoms with Crippen molar-refractivity contribution in [2.45, 2.75) is 13.0 Å². The van der Waals surface area contributed by atoms with E-state index in [1.54, 1.807) is 23.2 Å². The van der Waals surface area contributed by atoms with E-state index in [4.69, 9.17) is 21.1 Å². The molecule has 1 amide bonds. The van der Waals surface area contributed by atoms with Gasteiger partial charge in [-0.05, 0) is 42.0 Å². The Morgan fingerprint density at radius 2 is 1.86 bits per heavy atom. The summed E-state index contributed by atoms with van der Waals surface area (Å²) in [7, 11) is 0. The molecule has 0 bridgehead atoms. The van der Waals surface area contributed by atoms with Gasteiger partial charge in [-0.2, -0.15) is 0 Å². The Morgan fingerprint density at radius 3 is 2.68 bits per heavy atom. The minimum absolute atomic E-state index is 0.112. The molecule has 28 heavy (non-hydrogen) atoms. The molecule has 1 aliphatic heterocycles. The number of hydrogen-bond acceptors (Lipinski definition) is 4. The van der Waals surface area contributed by atoms with Crippen molar-refractivity contribution in [3.05, 3.63) is 88.7 Å². The van der Waals surface area contributed by atoms with Crippen LogP contribution in [0.2, 0.25) is 5.02 Å². The first kappa shape index (κ1) is 18.3. The summed E-state index contributed by atoms with van der Waals surface area (Å²) in [6, 6.07) is 18.6. The fourth-order valence-corrected chi connectivity index (χ4v) is 3.33. The number of rotatable bonds is 6. The number of carbonyl (C=O) groups excluding carboxylic acids is 1. The molecule has 2 heterocycles. The third-order valence-corrected chi connectivity index (χ3v) is 4.90. The van der Waals surface area contributed by atoms with Crippen LogP contribution in [-0.4, -0.2) is 29.1 Å². The third-order valence-electron chi connectivity index (χ3n) is 4.57. The summed E-state index contributed by atoms with van der Waals surface area (Å²) in [5.74, 6) is 1.31. The van der Waals surface area contributed by atoms with Crippen LogP contribution in [0.4, 0.5) is 0 Å². The molecule has 0 saturated heterocycles. The molecule has 3 aromatic rings. The molecule has 142 valence electrons. The van der Waals surface area contributed by atoms with Gasteiger partial charge in [-0.1, -0.05) is 35.9 Å². The van der Waals surface area contributed by atoms with E-state index in [2.05, 4.69) is 4.98 Å². The van der Waals surface area contributed by atoms with Gasteiger partial charge in [0.15, 0.2) is 11.5 Å². The van der Waals surface area contributed by atoms with Crippen LogP contribution < -0.4 is 9.47 Å². The molecule has 0 fully saturated rings. The smallest absolute Gasteiger partial charge is 0.255 e. The van der Waals surface area contributed by atoms with Crippen LogP contribution in [0.1, 0.15) is 21.6 Å². The predicted octanol–water partition coefficient (Wildman–Crippen LogP) is 4.35. The molecular weight excluding hydrogens is 376 g/mol. The summed E-state index contributed by atoms with van der Waals surface area (Å²) < 4.78 is 10.8. The fraction of sp³-hybridized carbons (Fsp3) is 0.182. The van der Waals surface area contributed by atoms with Crippen molar-refractivity contribution in [2.24, 2.45) is 0 Å². The second-order valence-electron chi connectivity index (χ2n) is 6.47. The van der Waals surface area contributed by atoms with E-state index in [1.165, 1.54) is 0 Å². The van der Waals surface area contributed by atoms with E-state index in [-0.39, 0.29) is 12.7 Å². The molecule has 5 nitrogen and oxygen atoms in total. The van der Waals surface area contributed by atoms with Gasteiger partial charge in [0.05, 0.1) is 10.6 Å². The highest BCUT2D eigenvalue weighted by atomic mass is 35.5. The minimum Gasteiger partial charge on any atom is -0.454 e. The summed E-state index contributed by atoms with van der Waals surface area (Å²) in [4.78, 5) is 19.3. The first-order valence-corrected chi connectivity index (χ1v) is 9.41. The van der Waals surface area contributed by atoms with Crippen LogP contribution in [0.15, 0.2) is 66.9 Å². The number of nitrogens with zero attached hydrogens (tertiary/aromatic N) is 2. The number of halogens is 1. The second kappa shape index (κ2) is 8.31. The van der Waals surface area contributed by atoms with Gasteiger partial charge in [0.25, 0.3) is 5.91 Å². The van der Waals surface area contributed by atoms with Gasteiger partial charge in [0, 0.05) is 31.4 Å². The number of hydrogen-bond donors (Lipinski definition) is 0. The Bertz CT molecular complexity index is 979. The highest BCUT2D eigenvalue weighted by molar-refractivity contribution is 6.33. The predicted molar refractivity (Wildman–Crippen MR) is 107 cm³/mol. The molecule has 1 aliphatic rings. The van der Waals surface area contributed by atoms with Crippen LogP contribution in [-0.2, 0) is 13.0 Å². The molecule has 1 aromatic heterocycles. The highest BCUT2D eigenvalue weighted by Crippen LogP contribution is 2.33. The lowest BCUT2D eigenvalue weighted by Crippen LogP contribution is -2.32. The zero-order chi connectivity index (χ0) is 19.3. The number of ether oxygens (including phenoxy) is 2. The molecule has 0 spiro atoms. The Morgan fingerprint density at radius 1 is 1.04 bits per heavy atom. The fourth-order valence-electron chi connectivity index (χ4n) is 3.11. The normalized spacial score (nSPS) is 12.0. The van der Waals surface area contributed by atoms with Crippen LogP contribution >= 0.6 is 11.6 Å². The van der Waals surface area contributed by atoms with E-state index in [0.717, 1.165) is 17.0 Å². The monoisotopic (exact) mass is 394 g/mol. The molecule has 0 unspecified atom stereocenters. The number of amides is 1. The molecule has 0 atom stereocenters. The van der Waals surface area contributed by atoms with Crippen LogP contribution in [0, 0.1) is 0 Å². The molecule has 0 aliphatic carbocycles. The Hall–Kier alpha value is -3.05. The Balaban J connectivity index is 1.57. The third kappa shape index (κ3) is 4.10. The molecule has 0 saturated carbocycles. The van der Waals surface area contributed by atoms with Crippen molar-refractivity contribution in [1.29, 1.82) is 0 Å². The van der Waals surface area contributed by atoms with Crippen LogP contribution in [0.5, 0.6) is 11.5 Å². The van der Waals surface area contributed by atoms with E-state index >= 15 is 0 Å². The maximum Gasteiger partial charge on any atom is 0.255 e. The number of fused-ring (bicyclic) bond motifs is 1. The molecular formula is C22H19ClN2O3. The van der Waals surface area contributed by atoms with E-state index < -0.39 is 0 Å². The summed E-state index contributed by atoms with van der Waals surface area (Å²) in [6.45, 7) is 1.18. The number of benzene rings is 2. The molecule has 6 heteroatoms. The van der Waals surface area contributed by atoms with Crippen molar-refractivity contribution in [2.75, 3.05) is 13.3 Å². The first-order chi connectivity index (χ1) is 13.7. The summed E-state index contributed by atoms with van der Waals surface area (Å²) in [5, 5.41) is 0.445. The van der Waals surface area contributed by atoms with Gasteiger partial charge in [-0.3, -0.25) is 9.78 Å². The topological polar surface area (TPSA) is 51.7 Å². The average molecular weight is 395 g/mol. The van der Waals surface area contributed by atoms with Crippen LogP contribution in [0.25, 0.3) is 0 Å². The van der Waals surface area contributed by atoms with Crippen molar-refractivity contribution in [1.82, 2.24) is 9.88 Å². The maximum absolute atomic E-state index is 13.2. The maximum atomic E-state index is 13.2. The summed E-state index contributed by atoms with van der Waals surface area (Å²) in [6.07, 6.45) is 2.41. The van der Waals surface area contributed by atoms with E-state index in [1.807, 2.05) is 48.5 Å². The van der Waals surface area contributed by atoms with Crippen molar-refractivity contribution < 1.29 is 14.3 Å². The zero-order valence-corrected chi connectivity index (χ0v) is 15.9. The number of pyridine rings is 1. The average Bonchev–Trinajstić information content (AvgIpc) is 3.19. The van der Waals surface area contributed by atoms with Gasteiger partial charge < -0.3 is 14.4 Å². The van der Waals surface area contributed by atoms with Gasteiger partial charge in [-0.25, -0.2) is 0 Å². The lowest BCUT2D eigenvalue weighted by Gasteiger charge is -2.23. The van der Waals surface area contributed by atoms with E-state index in [0.29, 0.717) is 35.8 Å². The SMILES string of the molecule is O=C(c1ccccc1Cl)N(CCc1ccccn1)Cc1ccc2c(c1)OCO2. The highest BCUT2D eigenvalue weighted by Gasteiger charge is 2.20. The van der Waals surface area contributed by atoms with Gasteiger partial charge >= 0.3 is 0 Å². The zero-order valence-electron chi connectivity index (χ0n) is 15.2. The molecule has 0 radical (unpaired) electrons. The van der Waals surface area contributed by atoms with Gasteiger partial charge in [0.1, 0.15) is 0 Å². The van der Waals surface area contributed by atoms with Crippen molar-refractivity contribution in [3.63, 3.8) is 0 Å².